The van der Waals surface area contributed by atoms with E-state index in [4.69, 9.17) is 4.74 Å². The lowest BCUT2D eigenvalue weighted by Crippen LogP contribution is -2.43. The highest BCUT2D eigenvalue weighted by Gasteiger charge is 2.35. The van der Waals surface area contributed by atoms with Crippen LogP contribution in [0.5, 0.6) is 0 Å². The number of halogens is 2. The van der Waals surface area contributed by atoms with Crippen LogP contribution in [0.15, 0.2) is 18.2 Å². The molecule has 1 aliphatic heterocycles. The SMILES string of the molecule is COCCN(C(=O)c1cc(F)ccc1F)C1CCS(=O)(=O)C1. The molecule has 1 aromatic carbocycles. The Balaban J connectivity index is 2.28. The molecule has 0 aliphatic carbocycles. The Kier molecular flexibility index (Phi) is 5.12. The molecule has 1 unspecified atom stereocenters. The summed E-state index contributed by atoms with van der Waals surface area (Å²) >= 11 is 0. The molecular weight excluding hydrogens is 316 g/mol. The second-order valence-corrected chi connectivity index (χ2v) is 7.40. The zero-order valence-corrected chi connectivity index (χ0v) is 12.9. The first-order chi connectivity index (χ1) is 10.3. The maximum atomic E-state index is 13.8. The molecule has 1 amide bonds. The second-order valence-electron chi connectivity index (χ2n) is 5.17. The largest absolute Gasteiger partial charge is 0.383 e. The van der Waals surface area contributed by atoms with Crippen LogP contribution in [-0.2, 0) is 14.6 Å². The fourth-order valence-electron chi connectivity index (χ4n) is 2.48. The highest BCUT2D eigenvalue weighted by atomic mass is 32.2. The van der Waals surface area contributed by atoms with Crippen molar-refractivity contribution in [3.8, 4) is 0 Å². The standard InChI is InChI=1S/C14H17F2NO4S/c1-21-6-5-17(11-4-7-22(19,20)9-11)14(18)12-8-10(15)2-3-13(12)16/h2-3,8,11H,4-7,9H2,1H3. The molecule has 0 saturated carbocycles. The molecule has 1 atom stereocenters. The van der Waals surface area contributed by atoms with Crippen LogP contribution in [0.1, 0.15) is 16.8 Å². The van der Waals surface area contributed by atoms with Gasteiger partial charge in [-0.2, -0.15) is 0 Å². The molecule has 1 aromatic rings. The monoisotopic (exact) mass is 333 g/mol. The quantitative estimate of drug-likeness (QED) is 0.813. The maximum absolute atomic E-state index is 13.8. The first-order valence-corrected chi connectivity index (χ1v) is 8.61. The van der Waals surface area contributed by atoms with Crippen LogP contribution in [-0.4, -0.2) is 57.0 Å². The fourth-order valence-corrected chi connectivity index (χ4v) is 4.21. The van der Waals surface area contributed by atoms with Crippen molar-refractivity contribution in [2.75, 3.05) is 31.8 Å². The molecule has 1 fully saturated rings. The third-order valence-electron chi connectivity index (χ3n) is 3.61. The predicted molar refractivity (Wildman–Crippen MR) is 76.3 cm³/mol. The summed E-state index contributed by atoms with van der Waals surface area (Å²) in [4.78, 5) is 13.7. The summed E-state index contributed by atoms with van der Waals surface area (Å²) in [6, 6.07) is 2.07. The molecule has 0 N–H and O–H groups in total. The van der Waals surface area contributed by atoms with Crippen molar-refractivity contribution >= 4 is 15.7 Å². The van der Waals surface area contributed by atoms with Crippen molar-refractivity contribution in [1.29, 1.82) is 0 Å². The Morgan fingerprint density at radius 3 is 2.73 bits per heavy atom. The van der Waals surface area contributed by atoms with Gasteiger partial charge in [-0.15, -0.1) is 0 Å². The molecule has 5 nitrogen and oxygen atoms in total. The van der Waals surface area contributed by atoms with E-state index in [-0.39, 0.29) is 31.1 Å². The van der Waals surface area contributed by atoms with Crippen molar-refractivity contribution < 1.29 is 26.7 Å². The highest BCUT2D eigenvalue weighted by Crippen LogP contribution is 2.21. The predicted octanol–water partition coefficient (Wildman–Crippen LogP) is 1.24. The van der Waals surface area contributed by atoms with E-state index in [1.165, 1.54) is 12.0 Å². The summed E-state index contributed by atoms with van der Waals surface area (Å²) < 4.78 is 55.1. The Bertz CT molecular complexity index is 663. The average molecular weight is 333 g/mol. The Hall–Kier alpha value is -1.54. The second kappa shape index (κ2) is 6.70. The minimum absolute atomic E-state index is 0.0138. The number of carbonyl (C=O) groups is 1. The molecule has 0 radical (unpaired) electrons. The molecule has 0 bridgehead atoms. The molecule has 1 saturated heterocycles. The minimum Gasteiger partial charge on any atom is -0.383 e. The first-order valence-electron chi connectivity index (χ1n) is 6.79. The molecule has 1 heterocycles. The number of benzene rings is 1. The summed E-state index contributed by atoms with van der Waals surface area (Å²) in [6.07, 6.45) is 0.286. The lowest BCUT2D eigenvalue weighted by atomic mass is 10.1. The normalized spacial score (nSPS) is 20.0. The third kappa shape index (κ3) is 3.80. The summed E-state index contributed by atoms with van der Waals surface area (Å²) in [7, 11) is -1.76. The lowest BCUT2D eigenvalue weighted by Gasteiger charge is -2.28. The third-order valence-corrected chi connectivity index (χ3v) is 5.36. The summed E-state index contributed by atoms with van der Waals surface area (Å²) in [5.41, 5.74) is -0.402. The molecular formula is C14H17F2NO4S. The highest BCUT2D eigenvalue weighted by molar-refractivity contribution is 7.91. The molecule has 1 aliphatic rings. The molecule has 0 aromatic heterocycles. The number of sulfone groups is 1. The van der Waals surface area contributed by atoms with Crippen LogP contribution < -0.4 is 0 Å². The van der Waals surface area contributed by atoms with Crippen molar-refractivity contribution in [3.05, 3.63) is 35.4 Å². The van der Waals surface area contributed by atoms with Crippen LogP contribution >= 0.6 is 0 Å². The van der Waals surface area contributed by atoms with Crippen molar-refractivity contribution in [2.24, 2.45) is 0 Å². The van der Waals surface area contributed by atoms with E-state index in [1.54, 1.807) is 0 Å². The summed E-state index contributed by atoms with van der Waals surface area (Å²) in [5, 5.41) is 0. The smallest absolute Gasteiger partial charge is 0.257 e. The number of hydrogen-bond acceptors (Lipinski definition) is 4. The van der Waals surface area contributed by atoms with Gasteiger partial charge in [-0.25, -0.2) is 17.2 Å². The van der Waals surface area contributed by atoms with Crippen molar-refractivity contribution in [1.82, 2.24) is 4.90 Å². The van der Waals surface area contributed by atoms with Crippen LogP contribution in [0, 0.1) is 11.6 Å². The van der Waals surface area contributed by atoms with E-state index in [0.717, 1.165) is 18.2 Å². The fraction of sp³-hybridized carbons (Fsp3) is 0.500. The van der Waals surface area contributed by atoms with Gasteiger partial charge in [0.15, 0.2) is 9.84 Å². The minimum atomic E-state index is -3.20. The van der Waals surface area contributed by atoms with Gasteiger partial charge < -0.3 is 9.64 Å². The zero-order valence-electron chi connectivity index (χ0n) is 12.1. The van der Waals surface area contributed by atoms with Gasteiger partial charge in [0.1, 0.15) is 11.6 Å². The number of ether oxygens (including phenoxy) is 1. The average Bonchev–Trinajstić information content (AvgIpc) is 2.82. The van der Waals surface area contributed by atoms with Gasteiger partial charge in [0.05, 0.1) is 23.7 Å². The van der Waals surface area contributed by atoms with Gasteiger partial charge in [-0.1, -0.05) is 0 Å². The maximum Gasteiger partial charge on any atom is 0.257 e. The first kappa shape index (κ1) is 16.8. The van der Waals surface area contributed by atoms with E-state index in [9.17, 15) is 22.0 Å². The Morgan fingerprint density at radius 1 is 1.41 bits per heavy atom. The number of carbonyl (C=O) groups excluding carboxylic acids is 1. The van der Waals surface area contributed by atoms with Crippen LogP contribution in [0.25, 0.3) is 0 Å². The molecule has 8 heteroatoms. The van der Waals surface area contributed by atoms with E-state index < -0.39 is 39.0 Å². The van der Waals surface area contributed by atoms with Gasteiger partial charge in [-0.05, 0) is 24.6 Å². The summed E-state index contributed by atoms with van der Waals surface area (Å²) in [5.74, 6) is -2.47. The number of rotatable bonds is 5. The van der Waals surface area contributed by atoms with Gasteiger partial charge in [0, 0.05) is 19.7 Å². The van der Waals surface area contributed by atoms with Crippen LogP contribution in [0.4, 0.5) is 8.78 Å². The zero-order chi connectivity index (χ0) is 16.3. The van der Waals surface area contributed by atoms with Gasteiger partial charge in [0.2, 0.25) is 0 Å². The number of amides is 1. The van der Waals surface area contributed by atoms with Crippen LogP contribution in [0.3, 0.4) is 0 Å². The molecule has 2 rings (SSSR count). The molecule has 22 heavy (non-hydrogen) atoms. The van der Waals surface area contributed by atoms with Gasteiger partial charge >= 0.3 is 0 Å². The number of methoxy groups -OCH3 is 1. The van der Waals surface area contributed by atoms with E-state index in [2.05, 4.69) is 0 Å². The Morgan fingerprint density at radius 2 is 2.14 bits per heavy atom. The van der Waals surface area contributed by atoms with E-state index in [1.807, 2.05) is 0 Å². The number of nitrogens with zero attached hydrogens (tertiary/aromatic N) is 1. The van der Waals surface area contributed by atoms with Crippen LogP contribution in [0.2, 0.25) is 0 Å². The van der Waals surface area contributed by atoms with E-state index >= 15 is 0 Å². The van der Waals surface area contributed by atoms with Crippen molar-refractivity contribution in [2.45, 2.75) is 12.5 Å². The number of hydrogen-bond donors (Lipinski definition) is 0. The Labute approximate surface area is 127 Å². The van der Waals surface area contributed by atoms with Gasteiger partial charge in [0.25, 0.3) is 5.91 Å². The van der Waals surface area contributed by atoms with Gasteiger partial charge in [-0.3, -0.25) is 4.79 Å². The van der Waals surface area contributed by atoms with E-state index in [0.29, 0.717) is 0 Å². The lowest BCUT2D eigenvalue weighted by molar-refractivity contribution is 0.0619. The molecule has 0 spiro atoms. The summed E-state index contributed by atoms with van der Waals surface area (Å²) in [6.45, 7) is 0.296. The van der Waals surface area contributed by atoms with Crippen molar-refractivity contribution in [3.63, 3.8) is 0 Å². The molecule has 122 valence electrons. The topological polar surface area (TPSA) is 63.7 Å².